The molecule has 1 rings (SSSR count). The van der Waals surface area contributed by atoms with E-state index in [4.69, 9.17) is 10.8 Å². The number of aliphatic carboxylic acids is 1. The Kier molecular flexibility index (Phi) is 5.06. The van der Waals surface area contributed by atoms with Gasteiger partial charge in [0.2, 0.25) is 5.91 Å². The summed E-state index contributed by atoms with van der Waals surface area (Å²) >= 11 is 0. The van der Waals surface area contributed by atoms with Gasteiger partial charge in [-0.15, -0.1) is 0 Å². The topological polar surface area (TPSA) is 92.4 Å². The van der Waals surface area contributed by atoms with Gasteiger partial charge in [-0.2, -0.15) is 0 Å². The number of carbonyl (C=O) groups is 2. The van der Waals surface area contributed by atoms with Crippen LogP contribution in [0.4, 0.5) is 0 Å². The zero-order valence-corrected chi connectivity index (χ0v) is 11.2. The van der Waals surface area contributed by atoms with E-state index < -0.39 is 23.5 Å². The number of nitrogens with one attached hydrogen (secondary N) is 1. The van der Waals surface area contributed by atoms with Crippen LogP contribution in [0.2, 0.25) is 0 Å². The van der Waals surface area contributed by atoms with Gasteiger partial charge in [0.15, 0.2) is 0 Å². The van der Waals surface area contributed by atoms with Crippen molar-refractivity contribution in [1.82, 2.24) is 5.32 Å². The number of amides is 1. The van der Waals surface area contributed by atoms with Gasteiger partial charge in [-0.05, 0) is 32.3 Å². The van der Waals surface area contributed by atoms with Gasteiger partial charge in [0.05, 0.1) is 6.04 Å². The highest BCUT2D eigenvalue weighted by Crippen LogP contribution is 2.06. The van der Waals surface area contributed by atoms with E-state index in [0.717, 1.165) is 5.56 Å². The molecule has 0 fully saturated rings. The molecule has 0 saturated carbocycles. The predicted molar refractivity (Wildman–Crippen MR) is 72.6 cm³/mol. The smallest absolute Gasteiger partial charge is 0.328 e. The number of hydrogen-bond acceptors (Lipinski definition) is 3. The summed E-state index contributed by atoms with van der Waals surface area (Å²) in [5.74, 6) is -1.53. The molecule has 0 aliphatic carbocycles. The molecule has 0 heterocycles. The lowest BCUT2D eigenvalue weighted by molar-refractivity contribution is -0.146. The van der Waals surface area contributed by atoms with E-state index in [0.29, 0.717) is 12.8 Å². The summed E-state index contributed by atoms with van der Waals surface area (Å²) < 4.78 is 0. The van der Waals surface area contributed by atoms with Crippen molar-refractivity contribution in [1.29, 1.82) is 0 Å². The molecule has 4 N–H and O–H groups in total. The number of nitrogens with two attached hydrogens (primary N) is 1. The summed E-state index contributed by atoms with van der Waals surface area (Å²) in [6.45, 7) is 2.86. The van der Waals surface area contributed by atoms with Crippen LogP contribution in [0.1, 0.15) is 25.8 Å². The molecule has 0 aliphatic rings. The zero-order chi connectivity index (χ0) is 14.5. The first-order valence-electron chi connectivity index (χ1n) is 6.18. The van der Waals surface area contributed by atoms with Gasteiger partial charge in [-0.3, -0.25) is 4.79 Å². The van der Waals surface area contributed by atoms with E-state index in [9.17, 15) is 9.59 Å². The number of rotatable bonds is 6. The first-order valence-corrected chi connectivity index (χ1v) is 6.18. The van der Waals surface area contributed by atoms with E-state index >= 15 is 0 Å². The molecule has 0 spiro atoms. The summed E-state index contributed by atoms with van der Waals surface area (Å²) in [6, 6.07) is 8.99. The van der Waals surface area contributed by atoms with Gasteiger partial charge >= 0.3 is 5.97 Å². The molecule has 0 radical (unpaired) electrons. The molecule has 5 heteroatoms. The quantitative estimate of drug-likeness (QED) is 0.712. The average Bonchev–Trinajstić information content (AvgIpc) is 2.36. The fourth-order valence-electron chi connectivity index (χ4n) is 1.55. The van der Waals surface area contributed by atoms with Crippen molar-refractivity contribution in [3.63, 3.8) is 0 Å². The Morgan fingerprint density at radius 1 is 1.32 bits per heavy atom. The summed E-state index contributed by atoms with van der Waals surface area (Å²) in [5, 5.41) is 11.4. The lowest BCUT2D eigenvalue weighted by atomic mass is 10.0. The number of carbonyl (C=O) groups excluding carboxylic acids is 1. The van der Waals surface area contributed by atoms with Crippen molar-refractivity contribution in [2.45, 2.75) is 38.3 Å². The minimum absolute atomic E-state index is 0.441. The first-order chi connectivity index (χ1) is 8.83. The van der Waals surface area contributed by atoms with Gasteiger partial charge < -0.3 is 16.2 Å². The third kappa shape index (κ3) is 4.71. The lowest BCUT2D eigenvalue weighted by Gasteiger charge is -2.23. The minimum Gasteiger partial charge on any atom is -0.480 e. The van der Waals surface area contributed by atoms with Crippen molar-refractivity contribution >= 4 is 11.9 Å². The van der Waals surface area contributed by atoms with Crippen LogP contribution < -0.4 is 11.1 Å². The fourth-order valence-corrected chi connectivity index (χ4v) is 1.55. The second kappa shape index (κ2) is 6.33. The molecule has 0 saturated heterocycles. The van der Waals surface area contributed by atoms with Gasteiger partial charge in [0, 0.05) is 0 Å². The Hall–Kier alpha value is -1.88. The second-order valence-corrected chi connectivity index (χ2v) is 5.05. The van der Waals surface area contributed by atoms with Crippen LogP contribution in [0.15, 0.2) is 30.3 Å². The molecule has 1 atom stereocenters. The number of aryl methyl sites for hydroxylation is 1. The second-order valence-electron chi connectivity index (χ2n) is 5.05. The lowest BCUT2D eigenvalue weighted by Crippen LogP contribution is -2.54. The van der Waals surface area contributed by atoms with Crippen molar-refractivity contribution < 1.29 is 14.7 Å². The maximum atomic E-state index is 11.8. The van der Waals surface area contributed by atoms with E-state index in [1.54, 1.807) is 0 Å². The Morgan fingerprint density at radius 3 is 2.42 bits per heavy atom. The molecule has 0 aromatic heterocycles. The van der Waals surface area contributed by atoms with Gasteiger partial charge in [0.1, 0.15) is 5.54 Å². The van der Waals surface area contributed by atoms with Crippen molar-refractivity contribution in [2.75, 3.05) is 0 Å². The van der Waals surface area contributed by atoms with Crippen LogP contribution >= 0.6 is 0 Å². The zero-order valence-electron chi connectivity index (χ0n) is 11.2. The fraction of sp³-hybridized carbons (Fsp3) is 0.429. The molecule has 19 heavy (non-hydrogen) atoms. The average molecular weight is 264 g/mol. The molecule has 1 amide bonds. The number of benzene rings is 1. The Balaban J connectivity index is 2.48. The monoisotopic (exact) mass is 264 g/mol. The third-order valence-corrected chi connectivity index (χ3v) is 2.89. The van der Waals surface area contributed by atoms with E-state index in [1.165, 1.54) is 13.8 Å². The van der Waals surface area contributed by atoms with Crippen LogP contribution in [-0.4, -0.2) is 28.6 Å². The summed E-state index contributed by atoms with van der Waals surface area (Å²) in [7, 11) is 0. The Labute approximate surface area is 112 Å². The molecule has 0 aliphatic heterocycles. The van der Waals surface area contributed by atoms with Crippen molar-refractivity contribution in [3.05, 3.63) is 35.9 Å². The Morgan fingerprint density at radius 2 is 1.89 bits per heavy atom. The highest BCUT2D eigenvalue weighted by atomic mass is 16.4. The molecule has 0 bridgehead atoms. The Bertz CT molecular complexity index is 443. The maximum absolute atomic E-state index is 11.8. The van der Waals surface area contributed by atoms with Gasteiger partial charge in [-0.25, -0.2) is 4.79 Å². The standard InChI is InChI=1S/C14H20N2O3/c1-14(2,13(18)19)16-12(17)11(15)9-8-10-6-4-3-5-7-10/h3-7,11H,8-9,15H2,1-2H3,(H,16,17)(H,18,19)/t11-/m0/s1. The maximum Gasteiger partial charge on any atom is 0.328 e. The SMILES string of the molecule is CC(C)(NC(=O)[C@@H](N)CCc1ccccc1)C(=O)O. The number of carboxylic acid groups (broad SMARTS) is 1. The molecule has 5 nitrogen and oxygen atoms in total. The van der Waals surface area contributed by atoms with Crippen molar-refractivity contribution in [2.24, 2.45) is 5.73 Å². The summed E-state index contributed by atoms with van der Waals surface area (Å²) in [4.78, 5) is 22.7. The predicted octanol–water partition coefficient (Wildman–Crippen LogP) is 0.926. The van der Waals surface area contributed by atoms with Crippen LogP contribution in [-0.2, 0) is 16.0 Å². The van der Waals surface area contributed by atoms with Gasteiger partial charge in [-0.1, -0.05) is 30.3 Å². The molecular formula is C14H20N2O3. The van der Waals surface area contributed by atoms with E-state index in [-0.39, 0.29) is 0 Å². The summed E-state index contributed by atoms with van der Waals surface area (Å²) in [6.07, 6.45) is 1.16. The third-order valence-electron chi connectivity index (χ3n) is 2.89. The number of hydrogen-bond donors (Lipinski definition) is 3. The van der Waals surface area contributed by atoms with E-state index in [1.807, 2.05) is 30.3 Å². The molecule has 104 valence electrons. The first kappa shape index (κ1) is 15.2. The number of carboxylic acids is 1. The largest absolute Gasteiger partial charge is 0.480 e. The van der Waals surface area contributed by atoms with Crippen LogP contribution in [0.25, 0.3) is 0 Å². The highest BCUT2D eigenvalue weighted by molar-refractivity contribution is 5.88. The van der Waals surface area contributed by atoms with E-state index in [2.05, 4.69) is 5.32 Å². The molecular weight excluding hydrogens is 244 g/mol. The normalized spacial score (nSPS) is 12.8. The summed E-state index contributed by atoms with van der Waals surface area (Å²) in [5.41, 5.74) is 5.56. The van der Waals surface area contributed by atoms with Gasteiger partial charge in [0.25, 0.3) is 0 Å². The minimum atomic E-state index is -1.30. The van der Waals surface area contributed by atoms with Crippen LogP contribution in [0.3, 0.4) is 0 Å². The molecule has 0 unspecified atom stereocenters. The van der Waals surface area contributed by atoms with Crippen LogP contribution in [0, 0.1) is 0 Å². The molecule has 1 aromatic rings. The molecule has 1 aromatic carbocycles. The highest BCUT2D eigenvalue weighted by Gasteiger charge is 2.30. The van der Waals surface area contributed by atoms with Crippen molar-refractivity contribution in [3.8, 4) is 0 Å². The van der Waals surface area contributed by atoms with Crippen LogP contribution in [0.5, 0.6) is 0 Å².